The second kappa shape index (κ2) is 7.10. The van der Waals surface area contributed by atoms with Gasteiger partial charge in [-0.3, -0.25) is 0 Å². The van der Waals surface area contributed by atoms with Crippen LogP contribution in [0.1, 0.15) is 30.0 Å². The van der Waals surface area contributed by atoms with Crippen molar-refractivity contribution in [3.8, 4) is 0 Å². The maximum atomic E-state index is 14.2. The largest absolute Gasteiger partial charge is 0.327 e. The molecule has 3 heteroatoms. The molecule has 2 rings (SSSR count). The van der Waals surface area contributed by atoms with E-state index in [2.05, 4.69) is 39.0 Å². The second-order valence-corrected chi connectivity index (χ2v) is 6.52. The number of benzene rings is 2. The van der Waals surface area contributed by atoms with Crippen molar-refractivity contribution in [1.29, 1.82) is 0 Å². The lowest BCUT2D eigenvalue weighted by molar-refractivity contribution is 0.585. The molecule has 21 heavy (non-hydrogen) atoms. The minimum atomic E-state index is -0.166. The molecule has 0 bridgehead atoms. The lowest BCUT2D eigenvalue weighted by atomic mass is 10.0. The van der Waals surface area contributed by atoms with Gasteiger partial charge in [-0.1, -0.05) is 48.5 Å². The smallest absolute Gasteiger partial charge is 0.137 e. The van der Waals surface area contributed by atoms with E-state index in [9.17, 15) is 4.39 Å². The highest BCUT2D eigenvalue weighted by Gasteiger charge is 2.13. The molecule has 0 aliphatic rings. The van der Waals surface area contributed by atoms with Crippen LogP contribution in [-0.2, 0) is 6.42 Å². The van der Waals surface area contributed by atoms with Crippen LogP contribution in [0.5, 0.6) is 0 Å². The van der Waals surface area contributed by atoms with E-state index in [1.807, 2.05) is 6.07 Å². The Kier molecular flexibility index (Phi) is 5.43. The van der Waals surface area contributed by atoms with Gasteiger partial charge < -0.3 is 5.73 Å². The van der Waals surface area contributed by atoms with Crippen LogP contribution in [-0.4, -0.2) is 6.04 Å². The fourth-order valence-corrected chi connectivity index (χ4v) is 3.30. The van der Waals surface area contributed by atoms with E-state index in [4.69, 9.17) is 5.73 Å². The number of halogens is 1. The Hall–Kier alpha value is -1.32. The molecular formula is C18H22FNS. The minimum Gasteiger partial charge on any atom is -0.327 e. The Balaban J connectivity index is 2.34. The minimum absolute atomic E-state index is 0.0743. The molecule has 0 radical (unpaired) electrons. The Morgan fingerprint density at radius 3 is 2.62 bits per heavy atom. The van der Waals surface area contributed by atoms with Gasteiger partial charge in [0.2, 0.25) is 0 Å². The summed E-state index contributed by atoms with van der Waals surface area (Å²) in [4.78, 5) is 1.80. The summed E-state index contributed by atoms with van der Waals surface area (Å²) in [7, 11) is 0. The normalized spacial score (nSPS) is 12.4. The van der Waals surface area contributed by atoms with Gasteiger partial charge in [0, 0.05) is 10.9 Å². The Labute approximate surface area is 130 Å². The van der Waals surface area contributed by atoms with Crippen LogP contribution in [0.2, 0.25) is 0 Å². The molecule has 0 heterocycles. The number of hydrogen-bond donors (Lipinski definition) is 1. The molecule has 1 atom stereocenters. The van der Waals surface area contributed by atoms with E-state index in [-0.39, 0.29) is 11.9 Å². The van der Waals surface area contributed by atoms with Crippen LogP contribution in [0.15, 0.2) is 46.2 Å². The topological polar surface area (TPSA) is 26.0 Å². The van der Waals surface area contributed by atoms with Crippen LogP contribution in [0.4, 0.5) is 4.39 Å². The predicted octanol–water partition coefficient (Wildman–Crippen LogP) is 4.87. The highest BCUT2D eigenvalue weighted by Crippen LogP contribution is 2.35. The van der Waals surface area contributed by atoms with Gasteiger partial charge in [0.05, 0.1) is 4.90 Å². The first-order valence-corrected chi connectivity index (χ1v) is 8.11. The SMILES string of the molecule is CCC(N)Cc1cccc(F)c1Sc1ccc(C)cc1C. The molecule has 1 nitrogen and oxygen atoms in total. The molecule has 112 valence electrons. The van der Waals surface area contributed by atoms with Gasteiger partial charge in [-0.05, 0) is 49.9 Å². The summed E-state index contributed by atoms with van der Waals surface area (Å²) >= 11 is 1.50. The summed E-state index contributed by atoms with van der Waals surface area (Å²) < 4.78 is 14.2. The molecular weight excluding hydrogens is 281 g/mol. The van der Waals surface area contributed by atoms with E-state index in [0.29, 0.717) is 11.3 Å². The third-order valence-corrected chi connectivity index (χ3v) is 4.94. The van der Waals surface area contributed by atoms with Crippen LogP contribution in [0, 0.1) is 19.7 Å². The fourth-order valence-electron chi connectivity index (χ4n) is 2.28. The Bertz CT molecular complexity index is 625. The predicted molar refractivity (Wildman–Crippen MR) is 88.4 cm³/mol. The summed E-state index contributed by atoms with van der Waals surface area (Å²) in [6.07, 6.45) is 1.60. The first-order valence-electron chi connectivity index (χ1n) is 7.29. The third kappa shape index (κ3) is 4.08. The zero-order chi connectivity index (χ0) is 15.4. The maximum absolute atomic E-state index is 14.2. The van der Waals surface area contributed by atoms with Gasteiger partial charge >= 0.3 is 0 Å². The summed E-state index contributed by atoms with van der Waals surface area (Å²) in [6, 6.07) is 11.6. The van der Waals surface area contributed by atoms with E-state index >= 15 is 0 Å². The highest BCUT2D eigenvalue weighted by atomic mass is 32.2. The van der Waals surface area contributed by atoms with Crippen molar-refractivity contribution < 1.29 is 4.39 Å². The fraction of sp³-hybridized carbons (Fsp3) is 0.333. The third-order valence-electron chi connectivity index (χ3n) is 3.60. The number of aryl methyl sites for hydroxylation is 2. The molecule has 2 N–H and O–H groups in total. The molecule has 0 aliphatic carbocycles. The van der Waals surface area contributed by atoms with Gasteiger partial charge in [0.15, 0.2) is 0 Å². The van der Waals surface area contributed by atoms with Gasteiger partial charge in [0.25, 0.3) is 0 Å². The average molecular weight is 303 g/mol. The van der Waals surface area contributed by atoms with Crippen molar-refractivity contribution in [3.05, 3.63) is 58.9 Å². The van der Waals surface area contributed by atoms with Gasteiger partial charge in [-0.25, -0.2) is 4.39 Å². The number of rotatable bonds is 5. The molecule has 2 aromatic carbocycles. The lowest BCUT2D eigenvalue weighted by Gasteiger charge is -2.15. The van der Waals surface area contributed by atoms with Crippen LogP contribution >= 0.6 is 11.8 Å². The van der Waals surface area contributed by atoms with Crippen LogP contribution in [0.25, 0.3) is 0 Å². The molecule has 0 amide bonds. The molecule has 2 aromatic rings. The standard InChI is InChI=1S/C18H22FNS/c1-4-15(20)11-14-6-5-7-16(19)18(14)21-17-9-8-12(2)10-13(17)3/h5-10,15H,4,11,20H2,1-3H3. The summed E-state index contributed by atoms with van der Waals surface area (Å²) in [5.74, 6) is -0.166. The average Bonchev–Trinajstić information content (AvgIpc) is 2.44. The van der Waals surface area contributed by atoms with Crippen molar-refractivity contribution in [1.82, 2.24) is 0 Å². The first kappa shape index (κ1) is 16.1. The zero-order valence-corrected chi connectivity index (χ0v) is 13.6. The molecule has 0 aliphatic heterocycles. The van der Waals surface area contributed by atoms with Crippen molar-refractivity contribution in [3.63, 3.8) is 0 Å². The molecule has 0 saturated carbocycles. The van der Waals surface area contributed by atoms with Crippen molar-refractivity contribution in [2.45, 2.75) is 49.4 Å². The summed E-state index contributed by atoms with van der Waals surface area (Å²) in [5, 5.41) is 0. The van der Waals surface area contributed by atoms with E-state index in [1.165, 1.54) is 29.0 Å². The van der Waals surface area contributed by atoms with Crippen LogP contribution < -0.4 is 5.73 Å². The summed E-state index contributed by atoms with van der Waals surface area (Å²) in [5.41, 5.74) is 9.43. The number of nitrogens with two attached hydrogens (primary N) is 1. The van der Waals surface area contributed by atoms with Gasteiger partial charge in [-0.2, -0.15) is 0 Å². The Morgan fingerprint density at radius 2 is 1.95 bits per heavy atom. The van der Waals surface area contributed by atoms with Gasteiger partial charge in [0.1, 0.15) is 5.82 Å². The van der Waals surface area contributed by atoms with Crippen molar-refractivity contribution in [2.75, 3.05) is 0 Å². The van der Waals surface area contributed by atoms with Crippen LogP contribution in [0.3, 0.4) is 0 Å². The van der Waals surface area contributed by atoms with E-state index in [0.717, 1.165) is 16.9 Å². The Morgan fingerprint density at radius 1 is 1.19 bits per heavy atom. The van der Waals surface area contributed by atoms with E-state index in [1.54, 1.807) is 6.07 Å². The highest BCUT2D eigenvalue weighted by molar-refractivity contribution is 7.99. The maximum Gasteiger partial charge on any atom is 0.137 e. The monoisotopic (exact) mass is 303 g/mol. The van der Waals surface area contributed by atoms with Crippen molar-refractivity contribution in [2.24, 2.45) is 5.73 Å². The zero-order valence-electron chi connectivity index (χ0n) is 12.8. The molecule has 0 aromatic heterocycles. The lowest BCUT2D eigenvalue weighted by Crippen LogP contribution is -2.21. The van der Waals surface area contributed by atoms with Gasteiger partial charge in [-0.15, -0.1) is 0 Å². The van der Waals surface area contributed by atoms with Crippen molar-refractivity contribution >= 4 is 11.8 Å². The molecule has 0 saturated heterocycles. The second-order valence-electron chi connectivity index (χ2n) is 5.47. The molecule has 0 fully saturated rings. The first-order chi connectivity index (χ1) is 10.0. The summed E-state index contributed by atoms with van der Waals surface area (Å²) in [6.45, 7) is 6.19. The molecule has 1 unspecified atom stereocenters. The molecule has 0 spiro atoms. The van der Waals surface area contributed by atoms with E-state index < -0.39 is 0 Å². The quantitative estimate of drug-likeness (QED) is 0.852. The number of hydrogen-bond acceptors (Lipinski definition) is 2.